The zero-order valence-electron chi connectivity index (χ0n) is 18.3. The molecule has 32 heavy (non-hydrogen) atoms. The quantitative estimate of drug-likeness (QED) is 0.560. The fraction of sp³-hybridized carbons (Fsp3) is 0.333. The third-order valence-corrected chi connectivity index (χ3v) is 7.17. The number of sulfonamides is 1. The molecule has 0 spiro atoms. The summed E-state index contributed by atoms with van der Waals surface area (Å²) in [5.74, 6) is 0.132. The number of pyridine rings is 1. The molecule has 8 heteroatoms. The zero-order chi connectivity index (χ0) is 22.9. The maximum Gasteiger partial charge on any atom is 0.264 e. The van der Waals surface area contributed by atoms with E-state index in [0.717, 1.165) is 11.1 Å². The van der Waals surface area contributed by atoms with Crippen LogP contribution in [0.4, 0.5) is 0 Å². The summed E-state index contributed by atoms with van der Waals surface area (Å²) in [6, 6.07) is 13.8. The van der Waals surface area contributed by atoms with Gasteiger partial charge in [-0.05, 0) is 68.1 Å². The van der Waals surface area contributed by atoms with Crippen LogP contribution in [0.1, 0.15) is 30.9 Å². The SMILES string of the molecule is COC[C@H](C)Oc1cc(C2(C(=O)NS(=O)(=O)c3cccc4ncccc34)CC2)ccc1C. The Labute approximate surface area is 187 Å². The Morgan fingerprint density at radius 2 is 1.97 bits per heavy atom. The van der Waals surface area contributed by atoms with Gasteiger partial charge in [0.2, 0.25) is 5.91 Å². The third-order valence-electron chi connectivity index (χ3n) is 5.78. The van der Waals surface area contributed by atoms with Crippen LogP contribution in [-0.4, -0.2) is 39.1 Å². The van der Waals surface area contributed by atoms with Crippen LogP contribution < -0.4 is 9.46 Å². The van der Waals surface area contributed by atoms with E-state index in [1.165, 1.54) is 6.07 Å². The summed E-state index contributed by atoms with van der Waals surface area (Å²) in [6.45, 7) is 4.27. The monoisotopic (exact) mass is 454 g/mol. The molecular formula is C24H26N2O5S. The van der Waals surface area contributed by atoms with E-state index in [1.54, 1.807) is 37.6 Å². The highest BCUT2D eigenvalue weighted by Gasteiger charge is 2.52. The summed E-state index contributed by atoms with van der Waals surface area (Å²) in [5.41, 5.74) is 1.35. The van der Waals surface area contributed by atoms with Gasteiger partial charge in [0, 0.05) is 18.7 Å². The number of carbonyl (C=O) groups excluding carboxylic acids is 1. The zero-order valence-corrected chi connectivity index (χ0v) is 19.1. The number of benzene rings is 2. The van der Waals surface area contributed by atoms with Gasteiger partial charge in [0.05, 0.1) is 22.4 Å². The van der Waals surface area contributed by atoms with Gasteiger partial charge in [-0.25, -0.2) is 13.1 Å². The van der Waals surface area contributed by atoms with Crippen molar-refractivity contribution >= 4 is 26.8 Å². The standard InChI is InChI=1S/C24H26N2O5S/c1-16-9-10-18(14-21(16)31-17(2)15-30-3)24(11-12-24)23(27)26-32(28,29)22-8-4-7-20-19(22)6-5-13-25-20/h4-10,13-14,17H,11-12,15H2,1-3H3,(H,26,27)/t17-/m0/s1. The fourth-order valence-corrected chi connectivity index (χ4v) is 5.14. The van der Waals surface area contributed by atoms with Crippen molar-refractivity contribution in [2.75, 3.05) is 13.7 Å². The minimum absolute atomic E-state index is 0.0357. The van der Waals surface area contributed by atoms with Gasteiger partial charge in [-0.1, -0.05) is 18.2 Å². The van der Waals surface area contributed by atoms with Gasteiger partial charge in [0.1, 0.15) is 11.9 Å². The maximum absolute atomic E-state index is 13.2. The van der Waals surface area contributed by atoms with E-state index in [0.29, 0.717) is 36.1 Å². The lowest BCUT2D eigenvalue weighted by molar-refractivity contribution is -0.121. The molecule has 3 aromatic rings. The molecule has 7 nitrogen and oxygen atoms in total. The summed E-state index contributed by atoms with van der Waals surface area (Å²) in [7, 11) is -2.46. The van der Waals surface area contributed by atoms with Gasteiger partial charge in [0.15, 0.2) is 0 Å². The molecule has 0 bridgehead atoms. The maximum atomic E-state index is 13.2. The van der Waals surface area contributed by atoms with Gasteiger partial charge in [-0.2, -0.15) is 0 Å². The molecule has 1 amide bonds. The Hall–Kier alpha value is -2.97. The third kappa shape index (κ3) is 4.20. The van der Waals surface area contributed by atoms with Crippen molar-refractivity contribution in [2.45, 2.75) is 43.1 Å². The van der Waals surface area contributed by atoms with Crippen LogP contribution in [0.3, 0.4) is 0 Å². The van der Waals surface area contributed by atoms with Crippen LogP contribution >= 0.6 is 0 Å². The average molecular weight is 455 g/mol. The molecule has 1 aliphatic carbocycles. The molecule has 1 aromatic heterocycles. The predicted octanol–water partition coefficient (Wildman–Crippen LogP) is 3.49. The van der Waals surface area contributed by atoms with Crippen molar-refractivity contribution in [1.29, 1.82) is 0 Å². The summed E-state index contributed by atoms with van der Waals surface area (Å²) >= 11 is 0. The van der Waals surface area contributed by atoms with Crippen LogP contribution in [-0.2, 0) is 25.0 Å². The van der Waals surface area contributed by atoms with Crippen molar-refractivity contribution in [1.82, 2.24) is 9.71 Å². The highest BCUT2D eigenvalue weighted by atomic mass is 32.2. The Balaban J connectivity index is 1.61. The van der Waals surface area contributed by atoms with Gasteiger partial charge in [-0.15, -0.1) is 0 Å². The van der Waals surface area contributed by atoms with Crippen LogP contribution in [0.15, 0.2) is 59.6 Å². The van der Waals surface area contributed by atoms with Gasteiger partial charge >= 0.3 is 0 Å². The first-order valence-corrected chi connectivity index (χ1v) is 11.9. The van der Waals surface area contributed by atoms with Crippen molar-refractivity contribution in [3.8, 4) is 5.75 Å². The van der Waals surface area contributed by atoms with E-state index in [2.05, 4.69) is 9.71 Å². The molecule has 0 aliphatic heterocycles. The lowest BCUT2D eigenvalue weighted by Crippen LogP contribution is -2.39. The molecule has 1 fully saturated rings. The van der Waals surface area contributed by atoms with E-state index in [1.807, 2.05) is 32.0 Å². The second kappa shape index (κ2) is 8.52. The number of methoxy groups -OCH3 is 1. The Morgan fingerprint density at radius 1 is 1.19 bits per heavy atom. The molecule has 1 aliphatic rings. The number of carbonyl (C=O) groups is 1. The van der Waals surface area contributed by atoms with Gasteiger partial charge < -0.3 is 9.47 Å². The number of rotatable bonds is 8. The summed E-state index contributed by atoms with van der Waals surface area (Å²) in [5, 5.41) is 0.471. The number of nitrogens with zero attached hydrogens (tertiary/aromatic N) is 1. The normalized spacial score (nSPS) is 15.8. The summed E-state index contributed by atoms with van der Waals surface area (Å²) in [6.07, 6.45) is 2.59. The Morgan fingerprint density at radius 3 is 2.69 bits per heavy atom. The number of amides is 1. The number of hydrogen-bond acceptors (Lipinski definition) is 6. The highest BCUT2D eigenvalue weighted by Crippen LogP contribution is 2.49. The first-order chi connectivity index (χ1) is 15.3. The molecule has 1 saturated carbocycles. The molecule has 2 aromatic carbocycles. The minimum atomic E-state index is -4.07. The van der Waals surface area contributed by atoms with Gasteiger partial charge in [0.25, 0.3) is 10.0 Å². The number of aromatic nitrogens is 1. The van der Waals surface area contributed by atoms with Crippen LogP contribution in [0.2, 0.25) is 0 Å². The molecule has 0 unspecified atom stereocenters. The first kappa shape index (κ1) is 22.2. The molecule has 168 valence electrons. The smallest absolute Gasteiger partial charge is 0.264 e. The molecule has 1 heterocycles. The highest BCUT2D eigenvalue weighted by molar-refractivity contribution is 7.90. The largest absolute Gasteiger partial charge is 0.488 e. The molecular weight excluding hydrogens is 428 g/mol. The van der Waals surface area contributed by atoms with E-state index in [9.17, 15) is 13.2 Å². The number of ether oxygens (including phenoxy) is 2. The van der Waals surface area contributed by atoms with Crippen molar-refractivity contribution in [2.24, 2.45) is 0 Å². The Bertz CT molecular complexity index is 1260. The predicted molar refractivity (Wildman–Crippen MR) is 121 cm³/mol. The van der Waals surface area contributed by atoms with E-state index in [-0.39, 0.29) is 11.0 Å². The molecule has 0 radical (unpaired) electrons. The minimum Gasteiger partial charge on any atom is -0.488 e. The van der Waals surface area contributed by atoms with Crippen molar-refractivity contribution in [3.05, 3.63) is 65.9 Å². The molecule has 1 atom stereocenters. The van der Waals surface area contributed by atoms with E-state index >= 15 is 0 Å². The topological polar surface area (TPSA) is 94.6 Å². The van der Waals surface area contributed by atoms with Crippen LogP contribution in [0, 0.1) is 6.92 Å². The fourth-order valence-electron chi connectivity index (χ4n) is 3.87. The average Bonchev–Trinajstić information content (AvgIpc) is 3.57. The lowest BCUT2D eigenvalue weighted by atomic mass is 9.94. The molecule has 0 saturated heterocycles. The van der Waals surface area contributed by atoms with E-state index < -0.39 is 21.3 Å². The van der Waals surface area contributed by atoms with Crippen LogP contribution in [0.25, 0.3) is 10.9 Å². The molecule has 4 rings (SSSR count). The van der Waals surface area contributed by atoms with E-state index in [4.69, 9.17) is 9.47 Å². The Kier molecular flexibility index (Phi) is 5.92. The second-order valence-electron chi connectivity index (χ2n) is 8.21. The van der Waals surface area contributed by atoms with Gasteiger partial charge in [-0.3, -0.25) is 9.78 Å². The van der Waals surface area contributed by atoms with Crippen molar-refractivity contribution in [3.63, 3.8) is 0 Å². The summed E-state index contributed by atoms with van der Waals surface area (Å²) < 4.78 is 39.6. The number of hydrogen-bond donors (Lipinski definition) is 1. The van der Waals surface area contributed by atoms with Crippen molar-refractivity contribution < 1.29 is 22.7 Å². The number of fused-ring (bicyclic) bond motifs is 1. The first-order valence-electron chi connectivity index (χ1n) is 10.4. The lowest BCUT2D eigenvalue weighted by Gasteiger charge is -2.20. The summed E-state index contributed by atoms with van der Waals surface area (Å²) in [4.78, 5) is 17.4. The molecule has 1 N–H and O–H groups in total. The second-order valence-corrected chi connectivity index (χ2v) is 9.86. The number of nitrogens with one attached hydrogen (secondary N) is 1. The number of aryl methyl sites for hydroxylation is 1. The van der Waals surface area contributed by atoms with Crippen LogP contribution in [0.5, 0.6) is 5.75 Å².